The lowest BCUT2D eigenvalue weighted by atomic mass is 11.4. The largest absolute Gasteiger partial charge is 0.164 e. The Hall–Kier alpha value is -1.33. The van der Waals surface area contributed by atoms with Crippen molar-refractivity contribution in [2.75, 3.05) is 7.05 Å². The van der Waals surface area contributed by atoms with Gasteiger partial charge in [-0.2, -0.15) is 0 Å². The molecule has 0 unspecified atom stereocenters. The third kappa shape index (κ3) is 1.07. The van der Waals surface area contributed by atoms with E-state index in [1.807, 2.05) is 0 Å². The van der Waals surface area contributed by atoms with Gasteiger partial charge in [0.25, 0.3) is 0 Å². The molecule has 0 amide bonds. The fraction of sp³-hybridized carbons (Fsp3) is 0.500. The first-order chi connectivity index (χ1) is 3.89. The summed E-state index contributed by atoms with van der Waals surface area (Å²) in [5.74, 6) is 0. The highest BCUT2D eigenvalue weighted by Crippen LogP contribution is 1.90. The van der Waals surface area contributed by atoms with Gasteiger partial charge in [-0.3, -0.25) is 0 Å². The van der Waals surface area contributed by atoms with Crippen LogP contribution in [0.4, 0.5) is 0 Å². The molecule has 6 heteroatoms. The Labute approximate surface area is 45.6 Å². The summed E-state index contributed by atoms with van der Waals surface area (Å²) in [5, 5.41) is 18.2. The minimum absolute atomic E-state index is 1.22. The predicted octanol–water partition coefficient (Wildman–Crippen LogP) is 0.610. The molecule has 0 aliphatic carbocycles. The number of rotatable bonds is 0. The summed E-state index contributed by atoms with van der Waals surface area (Å²) in [6.45, 7) is 0. The lowest BCUT2D eigenvalue weighted by molar-refractivity contribution is 0.329. The van der Waals surface area contributed by atoms with Crippen LogP contribution in [0.1, 0.15) is 0 Å². The highest BCUT2D eigenvalue weighted by atomic mass is 15.8. The number of nitrogens with zero attached hydrogens (tertiary/aromatic N) is 6. The van der Waals surface area contributed by atoms with Gasteiger partial charge in [-0.1, -0.05) is 0 Å². The fourth-order valence-corrected chi connectivity index (χ4v) is 0.243. The fourth-order valence-electron chi connectivity index (χ4n) is 0.243. The van der Waals surface area contributed by atoms with Crippen LogP contribution in [0.25, 0.3) is 0 Å². The van der Waals surface area contributed by atoms with E-state index >= 15 is 0 Å². The third-order valence-electron chi connectivity index (χ3n) is 0.505. The van der Waals surface area contributed by atoms with E-state index in [2.05, 4.69) is 25.9 Å². The SMILES string of the molecule is CN1N=NC=NN=N1. The lowest BCUT2D eigenvalue weighted by Crippen LogP contribution is -1.96. The highest BCUT2D eigenvalue weighted by Gasteiger charge is 1.85. The highest BCUT2D eigenvalue weighted by molar-refractivity contribution is 5.53. The summed E-state index contributed by atoms with van der Waals surface area (Å²) >= 11 is 0. The standard InChI is InChI=1S/C2H4N6/c1-8-6-4-2-3-5-7-8/h2H,1H3. The zero-order valence-corrected chi connectivity index (χ0v) is 4.26. The molecule has 1 aliphatic heterocycles. The van der Waals surface area contributed by atoms with Gasteiger partial charge in [0.2, 0.25) is 0 Å². The minimum atomic E-state index is 1.22. The van der Waals surface area contributed by atoms with Gasteiger partial charge in [0.05, 0.1) is 7.05 Å². The van der Waals surface area contributed by atoms with Crippen molar-refractivity contribution in [1.82, 2.24) is 5.12 Å². The second-order valence-corrected chi connectivity index (χ2v) is 1.10. The zero-order valence-electron chi connectivity index (χ0n) is 4.26. The first kappa shape index (κ1) is 4.82. The van der Waals surface area contributed by atoms with Crippen molar-refractivity contribution in [3.63, 3.8) is 0 Å². The molecule has 0 N–H and O–H groups in total. The summed E-state index contributed by atoms with van der Waals surface area (Å²) < 4.78 is 0. The Morgan fingerprint density at radius 1 is 1.38 bits per heavy atom. The summed E-state index contributed by atoms with van der Waals surface area (Å²) in [7, 11) is 1.61. The predicted molar refractivity (Wildman–Crippen MR) is 26.0 cm³/mol. The van der Waals surface area contributed by atoms with Crippen LogP contribution in [-0.4, -0.2) is 18.5 Å². The maximum atomic E-state index is 3.47. The van der Waals surface area contributed by atoms with Crippen LogP contribution in [-0.2, 0) is 0 Å². The Balaban J connectivity index is 2.66. The molecule has 8 heavy (non-hydrogen) atoms. The molecule has 0 bridgehead atoms. The summed E-state index contributed by atoms with van der Waals surface area (Å²) in [6, 6.07) is 0. The summed E-state index contributed by atoms with van der Waals surface area (Å²) in [4.78, 5) is 0. The molecule has 0 atom stereocenters. The normalized spacial score (nSPS) is 16.9. The second kappa shape index (κ2) is 2.10. The average Bonchev–Trinajstić information content (AvgIpc) is 1.94. The van der Waals surface area contributed by atoms with E-state index in [-0.39, 0.29) is 0 Å². The second-order valence-electron chi connectivity index (χ2n) is 1.10. The van der Waals surface area contributed by atoms with E-state index in [0.29, 0.717) is 0 Å². The van der Waals surface area contributed by atoms with E-state index in [1.165, 1.54) is 11.5 Å². The van der Waals surface area contributed by atoms with Gasteiger partial charge in [0, 0.05) is 0 Å². The molecule has 0 radical (unpaired) electrons. The van der Waals surface area contributed by atoms with E-state index in [0.717, 1.165) is 0 Å². The lowest BCUT2D eigenvalue weighted by Gasteiger charge is -1.93. The molecule has 1 heterocycles. The van der Waals surface area contributed by atoms with Gasteiger partial charge >= 0.3 is 0 Å². The molecule has 0 saturated heterocycles. The first-order valence-electron chi connectivity index (χ1n) is 1.96. The summed E-state index contributed by atoms with van der Waals surface area (Å²) in [5.41, 5.74) is 0. The Bertz CT molecular complexity index is 129. The van der Waals surface area contributed by atoms with Crippen LogP contribution < -0.4 is 0 Å². The van der Waals surface area contributed by atoms with Crippen LogP contribution in [0, 0.1) is 0 Å². The van der Waals surface area contributed by atoms with E-state index in [1.54, 1.807) is 7.05 Å². The van der Waals surface area contributed by atoms with Gasteiger partial charge < -0.3 is 0 Å². The molecule has 0 aromatic heterocycles. The van der Waals surface area contributed by atoms with Crippen molar-refractivity contribution in [1.29, 1.82) is 0 Å². The first-order valence-corrected chi connectivity index (χ1v) is 1.96. The van der Waals surface area contributed by atoms with Crippen LogP contribution >= 0.6 is 0 Å². The van der Waals surface area contributed by atoms with E-state index in [4.69, 9.17) is 0 Å². The molecule has 1 rings (SSSR count). The van der Waals surface area contributed by atoms with Crippen LogP contribution in [0.3, 0.4) is 0 Å². The molecular weight excluding hydrogens is 108 g/mol. The van der Waals surface area contributed by atoms with Crippen molar-refractivity contribution in [2.24, 2.45) is 25.9 Å². The summed E-state index contributed by atoms with van der Waals surface area (Å²) in [6.07, 6.45) is 1.22. The van der Waals surface area contributed by atoms with Crippen LogP contribution in [0.5, 0.6) is 0 Å². The van der Waals surface area contributed by atoms with Crippen molar-refractivity contribution < 1.29 is 0 Å². The topological polar surface area (TPSA) is 65.0 Å². The van der Waals surface area contributed by atoms with Gasteiger partial charge in [0.1, 0.15) is 0 Å². The molecule has 6 nitrogen and oxygen atoms in total. The van der Waals surface area contributed by atoms with Crippen LogP contribution in [0.2, 0.25) is 0 Å². The quantitative estimate of drug-likeness (QED) is 0.452. The Morgan fingerprint density at radius 3 is 3.12 bits per heavy atom. The molecule has 1 aliphatic rings. The van der Waals surface area contributed by atoms with Crippen molar-refractivity contribution in [3.05, 3.63) is 0 Å². The van der Waals surface area contributed by atoms with Gasteiger partial charge in [-0.15, -0.1) is 15.3 Å². The zero-order chi connectivity index (χ0) is 5.82. The number of hydrogen-bond acceptors (Lipinski definition) is 6. The molecule has 0 spiro atoms. The van der Waals surface area contributed by atoms with Gasteiger partial charge in [-0.05, 0) is 15.7 Å². The third-order valence-corrected chi connectivity index (χ3v) is 0.505. The van der Waals surface area contributed by atoms with Gasteiger partial charge in [0.15, 0.2) is 6.34 Å². The van der Waals surface area contributed by atoms with Crippen molar-refractivity contribution in [3.8, 4) is 0 Å². The smallest absolute Gasteiger partial charge is 0.149 e. The molecule has 42 valence electrons. The Morgan fingerprint density at radius 2 is 2.25 bits per heavy atom. The van der Waals surface area contributed by atoms with E-state index < -0.39 is 0 Å². The number of hydrogen-bond donors (Lipinski definition) is 0. The molecule has 0 saturated carbocycles. The molecule has 0 aromatic rings. The van der Waals surface area contributed by atoms with E-state index in [9.17, 15) is 0 Å². The molecular formula is C2H4N6. The maximum Gasteiger partial charge on any atom is 0.164 e. The van der Waals surface area contributed by atoms with Gasteiger partial charge in [-0.25, -0.2) is 0 Å². The average molecular weight is 112 g/mol. The minimum Gasteiger partial charge on any atom is -0.149 e. The monoisotopic (exact) mass is 112 g/mol. The van der Waals surface area contributed by atoms with Crippen molar-refractivity contribution >= 4 is 6.34 Å². The maximum absolute atomic E-state index is 3.47. The van der Waals surface area contributed by atoms with Crippen molar-refractivity contribution in [2.45, 2.75) is 0 Å². The van der Waals surface area contributed by atoms with Crippen LogP contribution in [0.15, 0.2) is 25.9 Å². The Kier molecular flexibility index (Phi) is 1.27. The molecule has 0 fully saturated rings. The molecule has 0 aromatic carbocycles.